The Morgan fingerprint density at radius 2 is 1.36 bits per heavy atom. The molecule has 0 spiro atoms. The second-order valence-corrected chi connectivity index (χ2v) is 11.8. The van der Waals surface area contributed by atoms with E-state index in [0.29, 0.717) is 28.3 Å². The number of esters is 1. The van der Waals surface area contributed by atoms with E-state index in [-0.39, 0.29) is 30.5 Å². The molecule has 1 aliphatic heterocycles. The molecule has 0 aliphatic carbocycles. The van der Waals surface area contributed by atoms with Crippen LogP contribution in [0.5, 0.6) is 0 Å². The Hall–Kier alpha value is -3.83. The molecule has 0 saturated heterocycles. The average Bonchev–Trinajstić information content (AvgIpc) is 2.95. The zero-order chi connectivity index (χ0) is 30.4. The predicted octanol–water partition coefficient (Wildman–Crippen LogP) is 7.99. The number of amides is 1. The van der Waals surface area contributed by atoms with Gasteiger partial charge in [-0.15, -0.1) is 0 Å². The summed E-state index contributed by atoms with van der Waals surface area (Å²) in [6, 6.07) is 27.9. The number of hydrogen-bond acceptors (Lipinski definition) is 4. The quantitative estimate of drug-likeness (QED) is 0.245. The molecule has 220 valence electrons. The van der Waals surface area contributed by atoms with E-state index in [1.54, 1.807) is 6.07 Å². The van der Waals surface area contributed by atoms with Gasteiger partial charge in [0.2, 0.25) is 0 Å². The molecule has 1 atom stereocenters. The van der Waals surface area contributed by atoms with Crippen LogP contribution in [0.25, 0.3) is 0 Å². The van der Waals surface area contributed by atoms with E-state index in [1.807, 2.05) is 101 Å². The van der Waals surface area contributed by atoms with Crippen LogP contribution in [0.4, 0.5) is 0 Å². The lowest BCUT2D eigenvalue weighted by Gasteiger charge is -2.37. The van der Waals surface area contributed by atoms with Crippen LogP contribution < -0.4 is 5.32 Å². The summed E-state index contributed by atoms with van der Waals surface area (Å²) >= 11 is 6.43. The first kappa shape index (κ1) is 31.1. The fourth-order valence-corrected chi connectivity index (χ4v) is 6.21. The van der Waals surface area contributed by atoms with Crippen molar-refractivity contribution in [2.24, 2.45) is 0 Å². The Morgan fingerprint density at radius 1 is 0.810 bits per heavy atom. The Labute approximate surface area is 255 Å². The van der Waals surface area contributed by atoms with Crippen LogP contribution in [0, 0.1) is 0 Å². The molecule has 5 nitrogen and oxygen atoms in total. The van der Waals surface area contributed by atoms with Gasteiger partial charge in [-0.2, -0.15) is 0 Å². The van der Waals surface area contributed by atoms with Crippen molar-refractivity contribution in [3.05, 3.63) is 129 Å². The first-order valence-electron chi connectivity index (χ1n) is 14.6. The van der Waals surface area contributed by atoms with Gasteiger partial charge in [0.05, 0.1) is 18.1 Å². The van der Waals surface area contributed by atoms with Gasteiger partial charge in [0, 0.05) is 40.0 Å². The van der Waals surface area contributed by atoms with Crippen molar-refractivity contribution in [2.45, 2.75) is 71.9 Å². The molecule has 0 fully saturated rings. The summed E-state index contributed by atoms with van der Waals surface area (Å²) in [5, 5.41) is 3.86. The molecular formula is C36H41ClN2O3. The van der Waals surface area contributed by atoms with Crippen molar-refractivity contribution >= 4 is 23.5 Å². The minimum Gasteiger partial charge on any atom is -0.462 e. The van der Waals surface area contributed by atoms with E-state index in [4.69, 9.17) is 16.3 Å². The molecule has 1 N–H and O–H groups in total. The summed E-state index contributed by atoms with van der Waals surface area (Å²) in [5.74, 6) is -1.10. The van der Waals surface area contributed by atoms with Crippen LogP contribution >= 0.6 is 11.6 Å². The standard InChI is InChI=1S/C36H41ClN2O3/c1-23(2)39(24(3)4)35(40)32-25(5)38-26(6)33(34(32)29-18-13-19-30(37)22-29)36(41)42-21-20-31(27-14-9-7-10-15-27)28-16-11-8-12-17-28/h7-19,22-24,31,34,38H,20-21H2,1-6H3. The molecule has 1 aliphatic rings. The first-order chi connectivity index (χ1) is 20.1. The number of carbonyl (C=O) groups is 2. The van der Waals surface area contributed by atoms with Gasteiger partial charge in [0.15, 0.2) is 0 Å². The smallest absolute Gasteiger partial charge is 0.336 e. The molecule has 1 amide bonds. The van der Waals surface area contributed by atoms with Crippen LogP contribution in [0.1, 0.15) is 76.5 Å². The Bertz CT molecular complexity index is 1410. The molecule has 6 heteroatoms. The van der Waals surface area contributed by atoms with Gasteiger partial charge in [0.25, 0.3) is 5.91 Å². The van der Waals surface area contributed by atoms with Crippen LogP contribution in [0.15, 0.2) is 107 Å². The van der Waals surface area contributed by atoms with E-state index < -0.39 is 11.9 Å². The molecule has 3 aromatic carbocycles. The Balaban J connectivity index is 1.66. The van der Waals surface area contributed by atoms with Crippen molar-refractivity contribution < 1.29 is 14.3 Å². The third-order valence-corrected chi connectivity index (χ3v) is 8.02. The summed E-state index contributed by atoms with van der Waals surface area (Å²) < 4.78 is 6.01. The van der Waals surface area contributed by atoms with E-state index in [2.05, 4.69) is 29.6 Å². The molecule has 0 radical (unpaired) electrons. The van der Waals surface area contributed by atoms with Crippen LogP contribution in [0.3, 0.4) is 0 Å². The van der Waals surface area contributed by atoms with Gasteiger partial charge >= 0.3 is 5.97 Å². The number of halogens is 1. The zero-order valence-electron chi connectivity index (χ0n) is 25.4. The largest absolute Gasteiger partial charge is 0.462 e. The number of rotatable bonds is 10. The van der Waals surface area contributed by atoms with Gasteiger partial charge < -0.3 is 15.0 Å². The molecule has 42 heavy (non-hydrogen) atoms. The molecule has 4 rings (SSSR count). The summed E-state index contributed by atoms with van der Waals surface area (Å²) in [5.41, 5.74) is 5.46. The van der Waals surface area contributed by atoms with Crippen molar-refractivity contribution in [3.63, 3.8) is 0 Å². The molecule has 0 saturated carbocycles. The second kappa shape index (κ2) is 13.9. The number of carbonyl (C=O) groups excluding carboxylic acids is 2. The van der Waals surface area contributed by atoms with Crippen LogP contribution in [0.2, 0.25) is 5.02 Å². The van der Waals surface area contributed by atoms with Gasteiger partial charge in [-0.3, -0.25) is 4.79 Å². The number of nitrogens with zero attached hydrogens (tertiary/aromatic N) is 1. The number of hydrogen-bond donors (Lipinski definition) is 1. The summed E-state index contributed by atoms with van der Waals surface area (Å²) in [6.07, 6.45) is 0.622. The van der Waals surface area contributed by atoms with Gasteiger partial charge in [-0.1, -0.05) is 84.4 Å². The minimum atomic E-state index is -0.621. The molecule has 1 unspecified atom stereocenters. The number of nitrogens with one attached hydrogen (secondary N) is 1. The van der Waals surface area contributed by atoms with E-state index in [1.165, 1.54) is 11.1 Å². The monoisotopic (exact) mass is 584 g/mol. The average molecular weight is 585 g/mol. The summed E-state index contributed by atoms with van der Waals surface area (Å²) in [6.45, 7) is 12.0. The van der Waals surface area contributed by atoms with Gasteiger partial charge in [-0.25, -0.2) is 4.79 Å². The molecule has 1 heterocycles. The lowest BCUT2D eigenvalue weighted by Crippen LogP contribution is -2.45. The summed E-state index contributed by atoms with van der Waals surface area (Å²) in [4.78, 5) is 30.0. The van der Waals surface area contributed by atoms with Gasteiger partial charge in [-0.05, 0) is 76.8 Å². The van der Waals surface area contributed by atoms with Crippen molar-refractivity contribution in [2.75, 3.05) is 6.61 Å². The normalized spacial score (nSPS) is 15.3. The molecule has 0 aromatic heterocycles. The van der Waals surface area contributed by atoms with E-state index in [0.717, 1.165) is 11.3 Å². The number of dihydropyridines is 1. The Morgan fingerprint density at radius 3 is 1.88 bits per heavy atom. The van der Waals surface area contributed by atoms with E-state index >= 15 is 0 Å². The molecule has 0 bridgehead atoms. The van der Waals surface area contributed by atoms with Crippen molar-refractivity contribution in [3.8, 4) is 0 Å². The number of benzene rings is 3. The maximum absolute atomic E-state index is 14.2. The Kier molecular flexibility index (Phi) is 10.3. The third-order valence-electron chi connectivity index (χ3n) is 7.78. The van der Waals surface area contributed by atoms with E-state index in [9.17, 15) is 9.59 Å². The zero-order valence-corrected chi connectivity index (χ0v) is 26.1. The maximum Gasteiger partial charge on any atom is 0.336 e. The SMILES string of the molecule is CC1=C(C(=O)OCCC(c2ccccc2)c2ccccc2)C(c2cccc(Cl)c2)C(C(=O)N(C(C)C)C(C)C)=C(C)N1. The maximum atomic E-state index is 14.2. The van der Waals surface area contributed by atoms with Crippen LogP contribution in [-0.4, -0.2) is 35.5 Å². The topological polar surface area (TPSA) is 58.6 Å². The highest BCUT2D eigenvalue weighted by Crippen LogP contribution is 2.41. The molecule has 3 aromatic rings. The lowest BCUT2D eigenvalue weighted by molar-refractivity contribution is -0.139. The summed E-state index contributed by atoms with van der Waals surface area (Å²) in [7, 11) is 0. The fourth-order valence-electron chi connectivity index (χ4n) is 6.02. The second-order valence-electron chi connectivity index (χ2n) is 11.4. The fraction of sp³-hybridized carbons (Fsp3) is 0.333. The number of allylic oxidation sites excluding steroid dienone is 2. The number of ether oxygens (including phenoxy) is 1. The predicted molar refractivity (Wildman–Crippen MR) is 170 cm³/mol. The molecular weight excluding hydrogens is 544 g/mol. The van der Waals surface area contributed by atoms with Crippen LogP contribution in [-0.2, 0) is 14.3 Å². The highest BCUT2D eigenvalue weighted by atomic mass is 35.5. The highest BCUT2D eigenvalue weighted by Gasteiger charge is 2.39. The van der Waals surface area contributed by atoms with Crippen molar-refractivity contribution in [1.29, 1.82) is 0 Å². The van der Waals surface area contributed by atoms with Gasteiger partial charge in [0.1, 0.15) is 0 Å². The minimum absolute atomic E-state index is 0.0203. The van der Waals surface area contributed by atoms with Crippen molar-refractivity contribution in [1.82, 2.24) is 10.2 Å². The third kappa shape index (κ3) is 6.96. The highest BCUT2D eigenvalue weighted by molar-refractivity contribution is 6.30. The lowest BCUT2D eigenvalue weighted by atomic mass is 9.79. The first-order valence-corrected chi connectivity index (χ1v) is 15.0.